The summed E-state index contributed by atoms with van der Waals surface area (Å²) in [7, 11) is 3.59. The zero-order valence-electron chi connectivity index (χ0n) is 17.7. The van der Waals surface area contributed by atoms with Gasteiger partial charge in [0, 0.05) is 37.9 Å². The first-order valence-corrected chi connectivity index (χ1v) is 10.2. The first-order chi connectivity index (χ1) is 13.9. The van der Waals surface area contributed by atoms with E-state index in [-0.39, 0.29) is 11.7 Å². The number of anilines is 2. The number of hydrogen-bond acceptors (Lipinski definition) is 3. The van der Waals surface area contributed by atoms with Crippen LogP contribution in [0.1, 0.15) is 37.3 Å². The molecule has 4 nitrogen and oxygen atoms in total. The summed E-state index contributed by atoms with van der Waals surface area (Å²) in [6.07, 6.45) is 4.31. The lowest BCUT2D eigenvalue weighted by molar-refractivity contribution is -0.113. The number of halogens is 1. The molecule has 1 saturated heterocycles. The fraction of sp³-hybridized carbons (Fsp3) is 0.375. The van der Waals surface area contributed by atoms with Gasteiger partial charge in [-0.05, 0) is 54.8 Å². The second-order valence-electron chi connectivity index (χ2n) is 7.91. The lowest BCUT2D eigenvalue weighted by Gasteiger charge is -2.21. The average molecular weight is 396 g/mol. The summed E-state index contributed by atoms with van der Waals surface area (Å²) in [5.74, 6) is -0.0167. The van der Waals surface area contributed by atoms with Crippen LogP contribution < -0.4 is 15.1 Å². The van der Waals surface area contributed by atoms with Gasteiger partial charge in [0.25, 0.3) is 5.91 Å². The van der Waals surface area contributed by atoms with Crippen molar-refractivity contribution < 1.29 is 9.18 Å². The van der Waals surface area contributed by atoms with Crippen molar-refractivity contribution in [2.24, 2.45) is 0 Å². The van der Waals surface area contributed by atoms with Crippen LogP contribution in [0.4, 0.5) is 15.8 Å². The largest absolute Gasteiger partial charge is 0.368 e. The molecule has 1 N–H and O–H groups in total. The number of likely N-dealkylation sites (N-methyl/N-ethyl adjacent to an activating group) is 2. The van der Waals surface area contributed by atoms with E-state index in [9.17, 15) is 9.18 Å². The second kappa shape index (κ2) is 9.23. The van der Waals surface area contributed by atoms with Crippen LogP contribution in [0.25, 0.3) is 6.08 Å². The molecule has 0 radical (unpaired) electrons. The van der Waals surface area contributed by atoms with Gasteiger partial charge < -0.3 is 15.1 Å². The van der Waals surface area contributed by atoms with Crippen molar-refractivity contribution in [3.63, 3.8) is 0 Å². The van der Waals surface area contributed by atoms with E-state index < -0.39 is 0 Å². The molecule has 1 heterocycles. The molecule has 2 aromatic carbocycles. The third-order valence-electron chi connectivity index (χ3n) is 5.61. The smallest absolute Gasteiger partial charge is 0.250 e. The molecule has 1 unspecified atom stereocenters. The van der Waals surface area contributed by atoms with Gasteiger partial charge in [-0.2, -0.15) is 0 Å². The van der Waals surface area contributed by atoms with Crippen LogP contribution in [0.2, 0.25) is 0 Å². The molecule has 1 aliphatic heterocycles. The summed E-state index contributed by atoms with van der Waals surface area (Å²) in [6, 6.07) is 13.5. The highest BCUT2D eigenvalue weighted by atomic mass is 19.1. The predicted octanol–water partition coefficient (Wildman–Crippen LogP) is 4.42. The Balaban J connectivity index is 1.67. The first-order valence-electron chi connectivity index (χ1n) is 10.2. The quantitative estimate of drug-likeness (QED) is 0.736. The Morgan fingerprint density at radius 2 is 1.97 bits per heavy atom. The Bertz CT molecular complexity index is 876. The maximum absolute atomic E-state index is 14.7. The maximum Gasteiger partial charge on any atom is 0.250 e. The van der Waals surface area contributed by atoms with Crippen molar-refractivity contribution in [1.82, 2.24) is 5.32 Å². The van der Waals surface area contributed by atoms with E-state index in [1.54, 1.807) is 25.3 Å². The molecule has 1 atom stereocenters. The zero-order chi connectivity index (χ0) is 21.0. The lowest BCUT2D eigenvalue weighted by Crippen LogP contribution is -2.30. The minimum absolute atomic E-state index is 0.193. The third-order valence-corrected chi connectivity index (χ3v) is 5.61. The van der Waals surface area contributed by atoms with Gasteiger partial charge in [-0.3, -0.25) is 4.79 Å². The summed E-state index contributed by atoms with van der Waals surface area (Å²) < 4.78 is 14.7. The Hall–Kier alpha value is -2.66. The van der Waals surface area contributed by atoms with Gasteiger partial charge in [0.1, 0.15) is 5.82 Å². The van der Waals surface area contributed by atoms with Crippen molar-refractivity contribution >= 4 is 23.4 Å². The molecule has 0 spiro atoms. The second-order valence-corrected chi connectivity index (χ2v) is 7.91. The summed E-state index contributed by atoms with van der Waals surface area (Å²) in [5, 5.41) is 3.24. The van der Waals surface area contributed by atoms with Gasteiger partial charge >= 0.3 is 0 Å². The molecule has 3 rings (SSSR count). The van der Waals surface area contributed by atoms with Gasteiger partial charge in [0.15, 0.2) is 0 Å². The molecule has 5 heteroatoms. The minimum atomic E-state index is -0.299. The number of rotatable bonds is 6. The zero-order valence-corrected chi connectivity index (χ0v) is 17.7. The number of amides is 1. The summed E-state index contributed by atoms with van der Waals surface area (Å²) in [6.45, 7) is 5.92. The molecule has 2 aromatic rings. The molecular formula is C24H30FN3O. The molecule has 1 amide bonds. The van der Waals surface area contributed by atoms with Gasteiger partial charge in [-0.15, -0.1) is 0 Å². The van der Waals surface area contributed by atoms with E-state index in [2.05, 4.69) is 31.3 Å². The number of hydrogen-bond donors (Lipinski definition) is 1. The first kappa shape index (κ1) is 21.1. The topological polar surface area (TPSA) is 35.6 Å². The Labute approximate surface area is 173 Å². The average Bonchev–Trinajstić information content (AvgIpc) is 3.20. The number of carbonyl (C=O) groups is 1. The van der Waals surface area contributed by atoms with E-state index in [0.29, 0.717) is 23.3 Å². The molecule has 0 bridgehead atoms. The Kier molecular flexibility index (Phi) is 6.70. The molecular weight excluding hydrogens is 365 g/mol. The van der Waals surface area contributed by atoms with Gasteiger partial charge in [0.05, 0.1) is 5.69 Å². The maximum atomic E-state index is 14.7. The van der Waals surface area contributed by atoms with Gasteiger partial charge in [-0.1, -0.05) is 38.1 Å². The van der Waals surface area contributed by atoms with Crippen LogP contribution in [0, 0.1) is 5.82 Å². The molecule has 1 aliphatic rings. The van der Waals surface area contributed by atoms with Gasteiger partial charge in [-0.25, -0.2) is 4.39 Å². The Morgan fingerprint density at radius 3 is 2.55 bits per heavy atom. The van der Waals surface area contributed by atoms with Crippen molar-refractivity contribution in [1.29, 1.82) is 0 Å². The van der Waals surface area contributed by atoms with Crippen LogP contribution in [0.3, 0.4) is 0 Å². The molecule has 29 heavy (non-hydrogen) atoms. The number of nitrogens with one attached hydrogen (secondary N) is 1. The fourth-order valence-corrected chi connectivity index (χ4v) is 3.57. The number of nitrogens with zero attached hydrogens (tertiary/aromatic N) is 2. The lowest BCUT2D eigenvalue weighted by atomic mass is 10.0. The van der Waals surface area contributed by atoms with E-state index >= 15 is 0 Å². The SMILES string of the molecule is CNC1CCN(c2ccc(N(C)C(=O)/C=C/c3ccc(C(C)C)cc3)cc2F)C1. The number of benzene rings is 2. The van der Waals surface area contributed by atoms with Crippen LogP contribution in [-0.4, -0.2) is 39.1 Å². The van der Waals surface area contributed by atoms with E-state index in [1.165, 1.54) is 22.6 Å². The Morgan fingerprint density at radius 1 is 1.24 bits per heavy atom. The van der Waals surface area contributed by atoms with E-state index in [0.717, 1.165) is 25.1 Å². The predicted molar refractivity (Wildman–Crippen MR) is 119 cm³/mol. The van der Waals surface area contributed by atoms with Crippen LogP contribution in [0.15, 0.2) is 48.5 Å². The molecule has 154 valence electrons. The highest BCUT2D eigenvalue weighted by Gasteiger charge is 2.23. The minimum Gasteiger partial charge on any atom is -0.368 e. The van der Waals surface area contributed by atoms with Crippen LogP contribution in [0.5, 0.6) is 0 Å². The molecule has 0 aromatic heterocycles. The van der Waals surface area contributed by atoms with E-state index in [4.69, 9.17) is 0 Å². The molecule has 0 aliphatic carbocycles. The van der Waals surface area contributed by atoms with Crippen molar-refractivity contribution in [3.05, 3.63) is 65.5 Å². The highest BCUT2D eigenvalue weighted by Crippen LogP contribution is 2.27. The summed E-state index contributed by atoms with van der Waals surface area (Å²) in [4.78, 5) is 16.0. The number of carbonyl (C=O) groups excluding carboxylic acids is 1. The summed E-state index contributed by atoms with van der Waals surface area (Å²) in [5.41, 5.74) is 3.36. The van der Waals surface area contributed by atoms with Gasteiger partial charge in [0.2, 0.25) is 0 Å². The monoisotopic (exact) mass is 395 g/mol. The van der Waals surface area contributed by atoms with Crippen LogP contribution in [-0.2, 0) is 4.79 Å². The molecule has 1 fully saturated rings. The van der Waals surface area contributed by atoms with Crippen molar-refractivity contribution in [2.75, 3.05) is 37.0 Å². The normalized spacial score (nSPS) is 16.8. The van der Waals surface area contributed by atoms with E-state index in [1.807, 2.05) is 24.1 Å². The van der Waals surface area contributed by atoms with Crippen molar-refractivity contribution in [2.45, 2.75) is 32.2 Å². The summed E-state index contributed by atoms with van der Waals surface area (Å²) >= 11 is 0. The van der Waals surface area contributed by atoms with Crippen molar-refractivity contribution in [3.8, 4) is 0 Å². The standard InChI is InChI=1S/C24H30FN3O/c1-17(2)19-8-5-18(6-9-19)7-12-24(29)27(4)21-10-11-23(22(25)15-21)28-14-13-20(16-28)26-3/h5-12,15,17,20,26H,13-14,16H2,1-4H3/b12-7+. The molecule has 0 saturated carbocycles. The fourth-order valence-electron chi connectivity index (χ4n) is 3.57. The third kappa shape index (κ3) is 5.04. The highest BCUT2D eigenvalue weighted by molar-refractivity contribution is 6.03. The van der Waals surface area contributed by atoms with Crippen LogP contribution >= 0.6 is 0 Å².